The third kappa shape index (κ3) is 1.97. The Kier molecular flexibility index (Phi) is 3.50. The van der Waals surface area contributed by atoms with Gasteiger partial charge in [0.2, 0.25) is 0 Å². The lowest BCUT2D eigenvalue weighted by atomic mass is 9.95. The molecule has 3 atom stereocenters. The van der Waals surface area contributed by atoms with Gasteiger partial charge in [-0.15, -0.1) is 0 Å². The van der Waals surface area contributed by atoms with Gasteiger partial charge in [0.05, 0.1) is 6.61 Å². The first kappa shape index (κ1) is 9.96. The van der Waals surface area contributed by atoms with Gasteiger partial charge in [0, 0.05) is 19.1 Å². The predicted molar refractivity (Wildman–Crippen MR) is 49.5 cm³/mol. The fraction of sp³-hybridized carbons (Fsp3) is 1.00. The quantitative estimate of drug-likeness (QED) is 0.641. The molecule has 1 heterocycles. The number of rotatable bonds is 3. The van der Waals surface area contributed by atoms with Crippen LogP contribution in [0, 0.1) is 11.8 Å². The minimum atomic E-state index is 0.643. The lowest BCUT2D eigenvalue weighted by Crippen LogP contribution is -2.32. The number of nitrogens with zero attached hydrogens (tertiary/aromatic N) is 1. The van der Waals surface area contributed by atoms with Crippen LogP contribution in [0.5, 0.6) is 0 Å². The van der Waals surface area contributed by atoms with Gasteiger partial charge < -0.3 is 4.84 Å². The molecular formula is C9H20N2O. The summed E-state index contributed by atoms with van der Waals surface area (Å²) in [7, 11) is 0. The summed E-state index contributed by atoms with van der Waals surface area (Å²) in [6.07, 6.45) is 0. The summed E-state index contributed by atoms with van der Waals surface area (Å²) in [5, 5.41) is 0. The van der Waals surface area contributed by atoms with Crippen molar-refractivity contribution in [2.45, 2.75) is 26.8 Å². The van der Waals surface area contributed by atoms with E-state index in [-0.39, 0.29) is 0 Å². The molecule has 1 saturated heterocycles. The minimum absolute atomic E-state index is 0.643. The van der Waals surface area contributed by atoms with Gasteiger partial charge in [-0.2, -0.15) is 0 Å². The molecule has 1 aliphatic heterocycles. The second kappa shape index (κ2) is 4.21. The van der Waals surface area contributed by atoms with Crippen molar-refractivity contribution in [3.63, 3.8) is 0 Å². The second-order valence-corrected chi connectivity index (χ2v) is 3.94. The van der Waals surface area contributed by atoms with Crippen molar-refractivity contribution in [1.29, 1.82) is 0 Å². The third-order valence-electron chi connectivity index (χ3n) is 3.25. The number of nitrogens with two attached hydrogens (primary N) is 1. The average Bonchev–Trinajstić information content (AvgIpc) is 2.30. The smallest absolute Gasteiger partial charge is 0.0806 e. The van der Waals surface area contributed by atoms with Crippen molar-refractivity contribution in [3.8, 4) is 0 Å². The molecule has 3 unspecified atom stereocenters. The molecule has 0 aromatic carbocycles. The van der Waals surface area contributed by atoms with Crippen molar-refractivity contribution in [1.82, 2.24) is 4.90 Å². The van der Waals surface area contributed by atoms with Crippen LogP contribution in [0.4, 0.5) is 0 Å². The van der Waals surface area contributed by atoms with Crippen LogP contribution in [-0.4, -0.2) is 30.6 Å². The molecule has 0 spiro atoms. The second-order valence-electron chi connectivity index (χ2n) is 3.94. The molecule has 1 fully saturated rings. The molecule has 0 aliphatic carbocycles. The summed E-state index contributed by atoms with van der Waals surface area (Å²) < 4.78 is 0. The van der Waals surface area contributed by atoms with E-state index in [1.54, 1.807) is 0 Å². The molecule has 0 aromatic rings. The van der Waals surface area contributed by atoms with E-state index in [0.29, 0.717) is 12.6 Å². The molecule has 0 bridgehead atoms. The molecule has 0 saturated carbocycles. The highest BCUT2D eigenvalue weighted by atomic mass is 16.6. The maximum absolute atomic E-state index is 4.99. The monoisotopic (exact) mass is 172 g/mol. The van der Waals surface area contributed by atoms with Crippen LogP contribution in [0.1, 0.15) is 20.8 Å². The van der Waals surface area contributed by atoms with Crippen molar-refractivity contribution >= 4 is 0 Å². The maximum atomic E-state index is 4.99. The minimum Gasteiger partial charge on any atom is -0.303 e. The molecule has 12 heavy (non-hydrogen) atoms. The first-order valence-corrected chi connectivity index (χ1v) is 4.72. The van der Waals surface area contributed by atoms with E-state index in [1.807, 2.05) is 0 Å². The fourth-order valence-electron chi connectivity index (χ4n) is 1.98. The maximum Gasteiger partial charge on any atom is 0.0806 e. The van der Waals surface area contributed by atoms with Gasteiger partial charge >= 0.3 is 0 Å². The highest BCUT2D eigenvalue weighted by Crippen LogP contribution is 2.28. The zero-order valence-electron chi connectivity index (χ0n) is 8.29. The summed E-state index contributed by atoms with van der Waals surface area (Å²) in [6, 6.07) is 0.676. The van der Waals surface area contributed by atoms with Gasteiger partial charge in [0.25, 0.3) is 0 Å². The average molecular weight is 172 g/mol. The molecule has 1 aliphatic rings. The largest absolute Gasteiger partial charge is 0.303 e. The summed E-state index contributed by atoms with van der Waals surface area (Å²) in [4.78, 5) is 7.03. The fourth-order valence-corrected chi connectivity index (χ4v) is 1.98. The Balaban J connectivity index is 2.36. The molecule has 0 amide bonds. The van der Waals surface area contributed by atoms with E-state index in [2.05, 4.69) is 30.5 Å². The molecule has 3 nitrogen and oxygen atoms in total. The van der Waals surface area contributed by atoms with Gasteiger partial charge in [0.1, 0.15) is 0 Å². The molecule has 0 aromatic heterocycles. The predicted octanol–water partition coefficient (Wildman–Crippen LogP) is 0.853. The van der Waals surface area contributed by atoms with E-state index in [0.717, 1.165) is 18.4 Å². The van der Waals surface area contributed by atoms with Crippen molar-refractivity contribution in [3.05, 3.63) is 0 Å². The number of likely N-dealkylation sites (tertiary alicyclic amines) is 1. The Morgan fingerprint density at radius 3 is 2.50 bits per heavy atom. The first-order valence-electron chi connectivity index (χ1n) is 4.72. The Hall–Kier alpha value is -0.120. The highest BCUT2D eigenvalue weighted by Gasteiger charge is 2.32. The molecule has 3 heteroatoms. The summed E-state index contributed by atoms with van der Waals surface area (Å²) in [5.41, 5.74) is 0. The molecule has 72 valence electrons. The Morgan fingerprint density at radius 2 is 2.08 bits per heavy atom. The van der Waals surface area contributed by atoms with Crippen molar-refractivity contribution < 1.29 is 4.84 Å². The topological polar surface area (TPSA) is 38.5 Å². The SMILES string of the molecule is CC1CN(CCON)C(C)C1C. The van der Waals surface area contributed by atoms with Crippen LogP contribution in [0.3, 0.4) is 0 Å². The standard InChI is InChI=1S/C9H20N2O/c1-7-6-11(4-5-12-10)9(3)8(7)2/h7-9H,4-6,10H2,1-3H3. The highest BCUT2D eigenvalue weighted by molar-refractivity contribution is 4.85. The lowest BCUT2D eigenvalue weighted by Gasteiger charge is -2.22. The summed E-state index contributed by atoms with van der Waals surface area (Å²) >= 11 is 0. The van der Waals surface area contributed by atoms with E-state index in [1.165, 1.54) is 6.54 Å². The zero-order valence-corrected chi connectivity index (χ0v) is 8.29. The van der Waals surface area contributed by atoms with Crippen LogP contribution < -0.4 is 5.90 Å². The number of hydrogen-bond donors (Lipinski definition) is 1. The Morgan fingerprint density at radius 1 is 1.42 bits per heavy atom. The van der Waals surface area contributed by atoms with Crippen LogP contribution in [0.25, 0.3) is 0 Å². The van der Waals surface area contributed by atoms with Crippen molar-refractivity contribution in [2.24, 2.45) is 17.7 Å². The lowest BCUT2D eigenvalue weighted by molar-refractivity contribution is 0.100. The van der Waals surface area contributed by atoms with Crippen LogP contribution in [-0.2, 0) is 4.84 Å². The number of hydrogen-bond acceptors (Lipinski definition) is 3. The van der Waals surface area contributed by atoms with Gasteiger partial charge in [-0.3, -0.25) is 4.90 Å². The Labute approximate surface area is 74.8 Å². The summed E-state index contributed by atoms with van der Waals surface area (Å²) in [5.74, 6) is 6.59. The summed E-state index contributed by atoms with van der Waals surface area (Å²) in [6.45, 7) is 9.70. The molecule has 2 N–H and O–H groups in total. The van der Waals surface area contributed by atoms with Gasteiger partial charge in [0.15, 0.2) is 0 Å². The molecule has 1 rings (SSSR count). The zero-order chi connectivity index (χ0) is 9.14. The first-order chi connectivity index (χ1) is 5.66. The van der Waals surface area contributed by atoms with E-state index >= 15 is 0 Å². The van der Waals surface area contributed by atoms with Crippen LogP contribution >= 0.6 is 0 Å². The Bertz CT molecular complexity index is 140. The normalized spacial score (nSPS) is 37.5. The molecule has 0 radical (unpaired) electrons. The van der Waals surface area contributed by atoms with Gasteiger partial charge in [-0.05, 0) is 18.8 Å². The van der Waals surface area contributed by atoms with Crippen molar-refractivity contribution in [2.75, 3.05) is 19.7 Å². The van der Waals surface area contributed by atoms with Crippen LogP contribution in [0.2, 0.25) is 0 Å². The van der Waals surface area contributed by atoms with Gasteiger partial charge in [-0.1, -0.05) is 13.8 Å². The van der Waals surface area contributed by atoms with E-state index in [9.17, 15) is 0 Å². The third-order valence-corrected chi connectivity index (χ3v) is 3.25. The van der Waals surface area contributed by atoms with Crippen LogP contribution in [0.15, 0.2) is 0 Å². The van der Waals surface area contributed by atoms with E-state index < -0.39 is 0 Å². The van der Waals surface area contributed by atoms with Gasteiger partial charge in [-0.25, -0.2) is 5.90 Å². The van der Waals surface area contributed by atoms with E-state index in [4.69, 9.17) is 5.90 Å². The molecular weight excluding hydrogens is 152 g/mol.